The second-order valence-electron chi connectivity index (χ2n) is 11.2. The Hall–Kier alpha value is -4.57. The fourth-order valence-corrected chi connectivity index (χ4v) is 6.31. The first-order valence-corrected chi connectivity index (χ1v) is 14.9. The van der Waals surface area contributed by atoms with E-state index >= 15 is 0 Å². The summed E-state index contributed by atoms with van der Waals surface area (Å²) in [6.07, 6.45) is 9.31. The lowest BCUT2D eigenvalue weighted by Crippen LogP contribution is -2.63. The molecule has 4 amide bonds. The number of rotatable bonds is 8. The molecule has 10 nitrogen and oxygen atoms in total. The predicted octanol–water partition coefficient (Wildman–Crippen LogP) is 3.46. The van der Waals surface area contributed by atoms with Gasteiger partial charge in [0.05, 0.1) is 31.9 Å². The molecule has 2 saturated heterocycles. The topological polar surface area (TPSA) is 88.7 Å². The monoisotopic (exact) mass is 582 g/mol. The molecule has 0 bridgehead atoms. The first kappa shape index (κ1) is 28.5. The number of amides is 4. The van der Waals surface area contributed by atoms with Crippen molar-refractivity contribution in [2.24, 2.45) is 0 Å². The highest BCUT2D eigenvalue weighted by atomic mass is 16.5. The van der Waals surface area contributed by atoms with Crippen LogP contribution in [0.2, 0.25) is 0 Å². The van der Waals surface area contributed by atoms with Crippen molar-refractivity contribution in [1.82, 2.24) is 25.1 Å². The van der Waals surface area contributed by atoms with E-state index in [4.69, 9.17) is 4.74 Å². The van der Waals surface area contributed by atoms with Crippen LogP contribution < -0.4 is 15.0 Å². The van der Waals surface area contributed by atoms with Crippen molar-refractivity contribution in [2.45, 2.75) is 31.6 Å². The first-order valence-electron chi connectivity index (χ1n) is 14.9. The van der Waals surface area contributed by atoms with E-state index in [0.29, 0.717) is 19.7 Å². The number of anilines is 1. The molecule has 1 N–H and O–H groups in total. The number of allylic oxidation sites excluding steroid dienone is 2. The number of nitrogens with one attached hydrogen (secondary N) is 1. The van der Waals surface area contributed by atoms with Gasteiger partial charge < -0.3 is 24.8 Å². The summed E-state index contributed by atoms with van der Waals surface area (Å²) in [6, 6.07) is 14.2. The normalized spacial score (nSPS) is 21.6. The molecule has 3 heterocycles. The van der Waals surface area contributed by atoms with Gasteiger partial charge in [0.2, 0.25) is 5.91 Å². The average molecular weight is 583 g/mol. The summed E-state index contributed by atoms with van der Waals surface area (Å²) in [4.78, 5) is 47.0. The number of hydrazine groups is 1. The molecular weight excluding hydrogens is 544 g/mol. The van der Waals surface area contributed by atoms with Gasteiger partial charge in [0.25, 0.3) is 5.91 Å². The Morgan fingerprint density at radius 2 is 1.98 bits per heavy atom. The SMILES string of the molecule is C=CCN(C(=O)NCC1=CCCC=C1)N1CC(=O)N2[C@@H](c3ccccc3)C(=O)N(Cc3cccc4c3OCCN4C)C[C@@H]21. The van der Waals surface area contributed by atoms with E-state index in [0.717, 1.165) is 47.5 Å². The van der Waals surface area contributed by atoms with Crippen LogP contribution in [0.3, 0.4) is 0 Å². The van der Waals surface area contributed by atoms with Gasteiger partial charge in [0.1, 0.15) is 24.6 Å². The summed E-state index contributed by atoms with van der Waals surface area (Å²) in [5, 5.41) is 6.34. The Morgan fingerprint density at radius 1 is 1.14 bits per heavy atom. The van der Waals surface area contributed by atoms with E-state index < -0.39 is 12.2 Å². The summed E-state index contributed by atoms with van der Waals surface area (Å²) in [7, 11) is 2.03. The molecule has 4 aliphatic rings. The van der Waals surface area contributed by atoms with Crippen LogP contribution in [0, 0.1) is 0 Å². The minimum atomic E-state index is -0.813. The van der Waals surface area contributed by atoms with Crippen LogP contribution in [0.1, 0.15) is 30.0 Å². The van der Waals surface area contributed by atoms with Crippen LogP contribution >= 0.6 is 0 Å². The summed E-state index contributed by atoms with van der Waals surface area (Å²) in [6.45, 7) is 6.37. The highest BCUT2D eigenvalue weighted by Gasteiger charge is 2.52. The molecule has 0 aromatic heterocycles. The number of carbonyl (C=O) groups excluding carboxylic acids is 3. The molecule has 2 aromatic rings. The minimum Gasteiger partial charge on any atom is -0.489 e. The average Bonchev–Trinajstić information content (AvgIpc) is 3.35. The number of likely N-dealkylation sites (N-methyl/N-ethyl adjacent to an activating group) is 1. The maximum atomic E-state index is 14.2. The number of benzene rings is 2. The Labute approximate surface area is 252 Å². The van der Waals surface area contributed by atoms with Crippen LogP contribution in [-0.4, -0.2) is 90.2 Å². The van der Waals surface area contributed by atoms with Crippen molar-refractivity contribution in [1.29, 1.82) is 0 Å². The third-order valence-corrected chi connectivity index (χ3v) is 8.46. The van der Waals surface area contributed by atoms with Crippen LogP contribution in [-0.2, 0) is 16.1 Å². The Morgan fingerprint density at radius 3 is 2.74 bits per heavy atom. The van der Waals surface area contributed by atoms with Crippen molar-refractivity contribution < 1.29 is 19.1 Å². The summed E-state index contributed by atoms with van der Waals surface area (Å²) in [5.74, 6) is 0.421. The molecular formula is C33H38N6O4. The van der Waals surface area contributed by atoms with Crippen LogP contribution in [0.25, 0.3) is 0 Å². The number of ether oxygens (including phenoxy) is 1. The smallest absolute Gasteiger partial charge is 0.332 e. The van der Waals surface area contributed by atoms with E-state index in [1.807, 2.05) is 61.7 Å². The lowest BCUT2D eigenvalue weighted by atomic mass is 9.99. The van der Waals surface area contributed by atoms with Gasteiger partial charge in [-0.1, -0.05) is 66.8 Å². The van der Waals surface area contributed by atoms with Crippen molar-refractivity contribution in [3.05, 3.63) is 96.1 Å². The zero-order valence-corrected chi connectivity index (χ0v) is 24.5. The molecule has 6 rings (SSSR count). The van der Waals surface area contributed by atoms with Crippen LogP contribution in [0.5, 0.6) is 5.75 Å². The molecule has 0 unspecified atom stereocenters. The molecule has 43 heavy (non-hydrogen) atoms. The number of urea groups is 1. The van der Waals surface area contributed by atoms with Gasteiger partial charge in [0.15, 0.2) is 0 Å². The van der Waals surface area contributed by atoms with Gasteiger partial charge in [0, 0.05) is 25.7 Å². The quantitative estimate of drug-likeness (QED) is 0.480. The maximum absolute atomic E-state index is 14.2. The highest BCUT2D eigenvalue weighted by Crippen LogP contribution is 2.39. The van der Waals surface area contributed by atoms with E-state index in [-0.39, 0.29) is 37.5 Å². The molecule has 0 radical (unpaired) electrons. The number of fused-ring (bicyclic) bond motifs is 2. The fourth-order valence-electron chi connectivity index (χ4n) is 6.31. The van der Waals surface area contributed by atoms with E-state index in [1.165, 1.54) is 0 Å². The van der Waals surface area contributed by atoms with Crippen molar-refractivity contribution in [2.75, 3.05) is 51.3 Å². The van der Waals surface area contributed by atoms with Crippen molar-refractivity contribution in [3.63, 3.8) is 0 Å². The molecule has 10 heteroatoms. The predicted molar refractivity (Wildman–Crippen MR) is 164 cm³/mol. The number of nitrogens with zero attached hydrogens (tertiary/aromatic N) is 5. The zero-order valence-electron chi connectivity index (χ0n) is 24.5. The molecule has 0 saturated carbocycles. The lowest BCUT2D eigenvalue weighted by Gasteiger charge is -2.46. The third kappa shape index (κ3) is 5.62. The molecule has 2 aromatic carbocycles. The van der Waals surface area contributed by atoms with E-state index in [1.54, 1.807) is 25.9 Å². The van der Waals surface area contributed by atoms with Crippen LogP contribution in [0.4, 0.5) is 10.5 Å². The molecule has 224 valence electrons. The maximum Gasteiger partial charge on any atom is 0.332 e. The number of carbonyl (C=O) groups is 3. The van der Waals surface area contributed by atoms with Gasteiger partial charge in [-0.15, -0.1) is 6.58 Å². The molecule has 0 spiro atoms. The number of hydrogen-bond acceptors (Lipinski definition) is 6. The molecule has 2 fully saturated rings. The first-order chi connectivity index (χ1) is 21.0. The second kappa shape index (κ2) is 12.3. The van der Waals surface area contributed by atoms with Crippen LogP contribution in [0.15, 0.2) is 85.0 Å². The van der Waals surface area contributed by atoms with Gasteiger partial charge in [-0.2, -0.15) is 5.01 Å². The molecule has 1 aliphatic carbocycles. The number of piperazine rings is 1. The lowest BCUT2D eigenvalue weighted by molar-refractivity contribution is -0.158. The summed E-state index contributed by atoms with van der Waals surface area (Å²) < 4.78 is 6.08. The van der Waals surface area contributed by atoms with Crippen molar-refractivity contribution >= 4 is 23.5 Å². The van der Waals surface area contributed by atoms with Gasteiger partial charge >= 0.3 is 6.03 Å². The Kier molecular flexibility index (Phi) is 8.20. The largest absolute Gasteiger partial charge is 0.489 e. The minimum absolute atomic E-state index is 0.0202. The Balaban J connectivity index is 1.31. The van der Waals surface area contributed by atoms with Gasteiger partial charge in [-0.05, 0) is 30.0 Å². The van der Waals surface area contributed by atoms with Gasteiger partial charge in [-0.3, -0.25) is 14.6 Å². The third-order valence-electron chi connectivity index (χ3n) is 8.46. The summed E-state index contributed by atoms with van der Waals surface area (Å²) >= 11 is 0. The molecule has 3 aliphatic heterocycles. The standard InChI is InChI=1S/C33H38N6O4/c1-3-17-37(33(42)34-20-24-11-6-4-7-12-24)38-23-29(40)39-28(38)22-36(32(41)30(39)25-13-8-5-9-14-25)21-26-15-10-16-27-31(26)43-19-18-35(27)2/h3,5-6,8-16,28,30H,1,4,7,17-23H2,2H3,(H,34,42)/t28-,30+/m1/s1. The van der Waals surface area contributed by atoms with Crippen molar-refractivity contribution in [3.8, 4) is 5.75 Å². The van der Waals surface area contributed by atoms with E-state index in [2.05, 4.69) is 28.9 Å². The summed E-state index contributed by atoms with van der Waals surface area (Å²) in [5.41, 5.74) is 3.68. The molecule has 2 atom stereocenters. The van der Waals surface area contributed by atoms with E-state index in [9.17, 15) is 14.4 Å². The zero-order chi connectivity index (χ0) is 29.9. The number of para-hydroxylation sites is 1. The highest BCUT2D eigenvalue weighted by molar-refractivity contribution is 5.92. The second-order valence-corrected chi connectivity index (χ2v) is 11.2. The Bertz CT molecular complexity index is 1460. The number of hydrogen-bond donors (Lipinski definition) is 1. The van der Waals surface area contributed by atoms with Gasteiger partial charge in [-0.25, -0.2) is 4.79 Å². The fraction of sp³-hybridized carbons (Fsp3) is 0.364.